The highest BCUT2D eigenvalue weighted by atomic mass is 19.3. The van der Waals surface area contributed by atoms with Crippen molar-refractivity contribution in [2.45, 2.75) is 13.0 Å². The molecule has 23 heavy (non-hydrogen) atoms. The maximum Gasteiger partial charge on any atom is 0.263 e. The Kier molecular flexibility index (Phi) is 3.85. The first-order chi connectivity index (χ1) is 11.0. The fourth-order valence-electron chi connectivity index (χ4n) is 2.37. The molecule has 0 saturated carbocycles. The van der Waals surface area contributed by atoms with E-state index in [4.69, 9.17) is 0 Å². The van der Waals surface area contributed by atoms with E-state index in [9.17, 15) is 22.4 Å². The van der Waals surface area contributed by atoms with Crippen LogP contribution in [0.4, 0.5) is 17.6 Å². The molecule has 0 aliphatic carbocycles. The molecule has 0 amide bonds. The largest absolute Gasteiger partial charge is 0.296 e. The van der Waals surface area contributed by atoms with Gasteiger partial charge in [0.25, 0.3) is 6.43 Å². The molecule has 0 atom stereocenters. The molecule has 3 rings (SSSR count). The molecular formula is C16H10F4N2O. The van der Waals surface area contributed by atoms with Crippen LogP contribution in [0.15, 0.2) is 36.4 Å². The van der Waals surface area contributed by atoms with Crippen molar-refractivity contribution in [3.8, 4) is 0 Å². The Morgan fingerprint density at radius 1 is 1.13 bits per heavy atom. The monoisotopic (exact) mass is 322 g/mol. The molecule has 118 valence electrons. The van der Waals surface area contributed by atoms with E-state index in [2.05, 4.69) is 5.10 Å². The Labute approximate surface area is 128 Å². The molecule has 0 N–H and O–H groups in total. The van der Waals surface area contributed by atoms with Crippen molar-refractivity contribution in [1.29, 1.82) is 0 Å². The van der Waals surface area contributed by atoms with Gasteiger partial charge in [0.2, 0.25) is 0 Å². The van der Waals surface area contributed by atoms with Gasteiger partial charge >= 0.3 is 0 Å². The molecule has 0 aliphatic rings. The number of rotatable bonds is 4. The van der Waals surface area contributed by atoms with Crippen LogP contribution in [0.5, 0.6) is 0 Å². The fourth-order valence-corrected chi connectivity index (χ4v) is 2.37. The van der Waals surface area contributed by atoms with Crippen LogP contribution < -0.4 is 0 Å². The molecule has 0 radical (unpaired) electrons. The first kappa shape index (κ1) is 15.2. The lowest BCUT2D eigenvalue weighted by Crippen LogP contribution is -2.04. The minimum atomic E-state index is -2.68. The molecule has 0 unspecified atom stereocenters. The van der Waals surface area contributed by atoms with Crippen LogP contribution in [-0.4, -0.2) is 16.1 Å². The van der Waals surface area contributed by atoms with Crippen molar-refractivity contribution in [3.63, 3.8) is 0 Å². The third kappa shape index (κ3) is 2.81. The number of aromatic nitrogens is 2. The Morgan fingerprint density at radius 3 is 2.57 bits per heavy atom. The van der Waals surface area contributed by atoms with E-state index in [1.165, 1.54) is 28.9 Å². The van der Waals surface area contributed by atoms with E-state index in [-0.39, 0.29) is 28.9 Å². The lowest BCUT2D eigenvalue weighted by molar-refractivity contribution is 0.111. The first-order valence-corrected chi connectivity index (χ1v) is 6.67. The number of alkyl halides is 2. The van der Waals surface area contributed by atoms with Gasteiger partial charge in [-0.15, -0.1) is 0 Å². The Balaban J connectivity index is 2.12. The Morgan fingerprint density at radius 2 is 1.91 bits per heavy atom. The quantitative estimate of drug-likeness (QED) is 0.535. The van der Waals surface area contributed by atoms with Crippen LogP contribution in [0.1, 0.15) is 28.0 Å². The number of benzene rings is 2. The molecule has 3 aromatic rings. The summed E-state index contributed by atoms with van der Waals surface area (Å²) in [6.07, 6.45) is -2.17. The second kappa shape index (κ2) is 5.83. The lowest BCUT2D eigenvalue weighted by atomic mass is 10.1. The van der Waals surface area contributed by atoms with Gasteiger partial charge in [0, 0.05) is 22.6 Å². The van der Waals surface area contributed by atoms with Gasteiger partial charge in [-0.1, -0.05) is 12.1 Å². The third-order valence-electron chi connectivity index (χ3n) is 3.50. The Hall–Kier alpha value is -2.70. The number of aldehydes is 1. The minimum Gasteiger partial charge on any atom is -0.296 e. The van der Waals surface area contributed by atoms with Crippen molar-refractivity contribution >= 4 is 17.2 Å². The van der Waals surface area contributed by atoms with Crippen molar-refractivity contribution in [2.75, 3.05) is 0 Å². The predicted octanol–water partition coefficient (Wildman–Crippen LogP) is 4.11. The van der Waals surface area contributed by atoms with Gasteiger partial charge in [0.15, 0.2) is 6.29 Å². The van der Waals surface area contributed by atoms with E-state index in [0.717, 1.165) is 12.1 Å². The zero-order chi connectivity index (χ0) is 16.6. The lowest BCUT2D eigenvalue weighted by Gasteiger charge is -2.06. The highest BCUT2D eigenvalue weighted by Crippen LogP contribution is 2.26. The number of nitrogens with zero attached hydrogens (tertiary/aromatic N) is 2. The maximum atomic E-state index is 13.8. The van der Waals surface area contributed by atoms with E-state index in [1.54, 1.807) is 0 Å². The zero-order valence-electron chi connectivity index (χ0n) is 11.6. The fraction of sp³-hybridized carbons (Fsp3) is 0.125. The summed E-state index contributed by atoms with van der Waals surface area (Å²) in [7, 11) is 0. The van der Waals surface area contributed by atoms with Crippen molar-refractivity contribution in [1.82, 2.24) is 9.78 Å². The topological polar surface area (TPSA) is 34.9 Å². The summed E-state index contributed by atoms with van der Waals surface area (Å²) in [5.74, 6) is -1.49. The molecule has 1 aromatic heterocycles. The molecule has 0 spiro atoms. The summed E-state index contributed by atoms with van der Waals surface area (Å²) in [5, 5.41) is 4.41. The molecule has 2 aromatic carbocycles. The number of fused-ring (bicyclic) bond motifs is 1. The van der Waals surface area contributed by atoms with Gasteiger partial charge in [0.1, 0.15) is 17.3 Å². The summed E-state index contributed by atoms with van der Waals surface area (Å²) in [5.41, 5.74) is 0.267. The summed E-state index contributed by atoms with van der Waals surface area (Å²) >= 11 is 0. The number of carbonyl (C=O) groups excluding carboxylic acids is 1. The van der Waals surface area contributed by atoms with Gasteiger partial charge in [-0.05, 0) is 18.2 Å². The highest BCUT2D eigenvalue weighted by molar-refractivity contribution is 5.95. The molecule has 0 aliphatic heterocycles. The molecule has 7 heteroatoms. The number of hydrogen-bond donors (Lipinski definition) is 0. The molecule has 0 bridgehead atoms. The van der Waals surface area contributed by atoms with Gasteiger partial charge in [-0.25, -0.2) is 17.6 Å². The van der Waals surface area contributed by atoms with Gasteiger partial charge < -0.3 is 0 Å². The van der Waals surface area contributed by atoms with E-state index in [1.807, 2.05) is 0 Å². The standard InChI is InChI=1S/C16H10F4N2O/c17-11-3-1-10(13(18)6-11)7-22-15-5-9(16(19)20)2-4-12(15)14(8-23)21-22/h1-6,8,16H,7H2. The summed E-state index contributed by atoms with van der Waals surface area (Å²) < 4.78 is 53.7. The van der Waals surface area contributed by atoms with Crippen LogP contribution in [0.25, 0.3) is 10.9 Å². The third-order valence-corrected chi connectivity index (χ3v) is 3.50. The van der Waals surface area contributed by atoms with Crippen LogP contribution in [0, 0.1) is 11.6 Å². The zero-order valence-corrected chi connectivity index (χ0v) is 11.6. The number of carbonyl (C=O) groups is 1. The summed E-state index contributed by atoms with van der Waals surface area (Å²) in [4.78, 5) is 11.1. The second-order valence-electron chi connectivity index (χ2n) is 4.97. The number of hydrogen-bond acceptors (Lipinski definition) is 2. The SMILES string of the molecule is O=Cc1nn(Cc2ccc(F)cc2F)c2cc(C(F)F)ccc12. The van der Waals surface area contributed by atoms with E-state index < -0.39 is 18.1 Å². The first-order valence-electron chi connectivity index (χ1n) is 6.67. The van der Waals surface area contributed by atoms with E-state index >= 15 is 0 Å². The van der Waals surface area contributed by atoms with Gasteiger partial charge in [-0.3, -0.25) is 9.48 Å². The summed E-state index contributed by atoms with van der Waals surface area (Å²) in [6, 6.07) is 6.87. The highest BCUT2D eigenvalue weighted by Gasteiger charge is 2.15. The molecule has 0 saturated heterocycles. The smallest absolute Gasteiger partial charge is 0.263 e. The minimum absolute atomic E-state index is 0.0725. The molecular weight excluding hydrogens is 312 g/mol. The average molecular weight is 322 g/mol. The van der Waals surface area contributed by atoms with Crippen LogP contribution in [-0.2, 0) is 6.54 Å². The molecule has 1 heterocycles. The molecule has 3 nitrogen and oxygen atoms in total. The Bertz CT molecular complexity index is 889. The van der Waals surface area contributed by atoms with Crippen LogP contribution in [0.2, 0.25) is 0 Å². The van der Waals surface area contributed by atoms with Crippen molar-refractivity contribution in [3.05, 3.63) is 64.9 Å². The van der Waals surface area contributed by atoms with Gasteiger partial charge in [0.05, 0.1) is 12.1 Å². The predicted molar refractivity (Wildman–Crippen MR) is 75.5 cm³/mol. The van der Waals surface area contributed by atoms with Crippen LogP contribution >= 0.6 is 0 Å². The maximum absolute atomic E-state index is 13.8. The van der Waals surface area contributed by atoms with E-state index in [0.29, 0.717) is 11.7 Å². The van der Waals surface area contributed by atoms with Crippen molar-refractivity contribution < 1.29 is 22.4 Å². The summed E-state index contributed by atoms with van der Waals surface area (Å²) in [6.45, 7) is -0.108. The molecule has 0 fully saturated rings. The normalized spacial score (nSPS) is 11.3. The van der Waals surface area contributed by atoms with Gasteiger partial charge in [-0.2, -0.15) is 5.10 Å². The van der Waals surface area contributed by atoms with Crippen molar-refractivity contribution in [2.24, 2.45) is 0 Å². The number of halogens is 4. The van der Waals surface area contributed by atoms with Crippen LogP contribution in [0.3, 0.4) is 0 Å². The average Bonchev–Trinajstić information content (AvgIpc) is 2.87. The second-order valence-corrected chi connectivity index (χ2v) is 4.97.